The number of nitrogens with zero attached hydrogens (tertiary/aromatic N) is 1. The van der Waals surface area contributed by atoms with Crippen LogP contribution in [-0.4, -0.2) is 40.9 Å². The van der Waals surface area contributed by atoms with E-state index in [2.05, 4.69) is 10.1 Å². The molecular weight excluding hydrogens is 437 g/mol. The van der Waals surface area contributed by atoms with E-state index in [4.69, 9.17) is 18.5 Å². The zero-order chi connectivity index (χ0) is 23.1. The van der Waals surface area contributed by atoms with Crippen LogP contribution in [0.3, 0.4) is 0 Å². The lowest BCUT2D eigenvalue weighted by Gasteiger charge is -2.21. The van der Waals surface area contributed by atoms with E-state index in [1.165, 1.54) is 16.8 Å². The molecule has 0 aliphatic carbocycles. The molecular formula is C21H28N3O7P. The topological polar surface area (TPSA) is 121 Å². The maximum absolute atomic E-state index is 12.1. The number of hydrogen-bond acceptors (Lipinski definition) is 8. The number of carbonyl (C=O) groups excluding carboxylic acids is 1. The fourth-order valence-electron chi connectivity index (χ4n) is 3.26. The first kappa shape index (κ1) is 24.1. The van der Waals surface area contributed by atoms with E-state index in [9.17, 15) is 14.4 Å². The van der Waals surface area contributed by atoms with Gasteiger partial charge in [-0.1, -0.05) is 25.1 Å². The normalized spacial score (nSPS) is 21.4. The molecule has 1 aliphatic rings. The van der Waals surface area contributed by atoms with Crippen LogP contribution in [0.4, 0.5) is 0 Å². The Kier molecular flexibility index (Phi) is 8.58. The molecule has 2 aromatic rings. The highest BCUT2D eigenvalue weighted by atomic mass is 31.2. The zero-order valence-electron chi connectivity index (χ0n) is 18.2. The van der Waals surface area contributed by atoms with Crippen molar-refractivity contribution in [3.63, 3.8) is 0 Å². The van der Waals surface area contributed by atoms with Gasteiger partial charge in [-0.25, -0.2) is 9.88 Å². The molecule has 0 bridgehead atoms. The van der Waals surface area contributed by atoms with Gasteiger partial charge >= 0.3 is 20.2 Å². The first-order valence-corrected chi connectivity index (χ1v) is 11.6. The van der Waals surface area contributed by atoms with Crippen LogP contribution in [0.1, 0.15) is 33.4 Å². The Morgan fingerprint density at radius 1 is 1.28 bits per heavy atom. The third-order valence-corrected chi connectivity index (χ3v) is 5.78. The van der Waals surface area contributed by atoms with E-state index in [0.717, 1.165) is 0 Å². The average Bonchev–Trinajstić information content (AvgIpc) is 3.10. The summed E-state index contributed by atoms with van der Waals surface area (Å²) in [4.78, 5) is 37.6. The van der Waals surface area contributed by atoms with E-state index in [-0.39, 0.29) is 31.3 Å². The average molecular weight is 465 g/mol. The minimum atomic E-state index is -1.65. The number of esters is 1. The van der Waals surface area contributed by atoms with Crippen molar-refractivity contribution in [3.8, 4) is 5.75 Å². The number of carbonyl (C=O) groups is 1. The summed E-state index contributed by atoms with van der Waals surface area (Å²) < 4.78 is 24.3. The van der Waals surface area contributed by atoms with Gasteiger partial charge in [0.15, 0.2) is 0 Å². The highest BCUT2D eigenvalue weighted by molar-refractivity contribution is 7.45. The van der Waals surface area contributed by atoms with Gasteiger partial charge in [-0.2, -0.15) is 0 Å². The standard InChI is InChI=1S/C21H28N3O7P/c1-14(2)29-19(26)12-22-32(31-16-7-5-4-6-8-16)28-13-17-11-15(3)20(30-17)24-10-9-18(25)23-21(24)27/h4-10,14-15,17,20,22H,11-13H2,1-3H3,(H,23,25,27). The largest absolute Gasteiger partial charge is 0.462 e. The van der Waals surface area contributed by atoms with Gasteiger partial charge in [0.2, 0.25) is 0 Å². The molecule has 4 unspecified atom stereocenters. The van der Waals surface area contributed by atoms with Crippen molar-refractivity contribution in [1.29, 1.82) is 0 Å². The SMILES string of the molecule is CC(C)OC(=O)CNP(OCC1CC(C)C(n2ccc(=O)[nH]c2=O)O1)Oc1ccccc1. The van der Waals surface area contributed by atoms with Crippen LogP contribution in [0.5, 0.6) is 5.75 Å². The number of H-pyrrole nitrogens is 1. The molecule has 3 rings (SSSR count). The van der Waals surface area contributed by atoms with Crippen molar-refractivity contribution in [2.45, 2.75) is 45.6 Å². The lowest BCUT2D eigenvalue weighted by atomic mass is 10.1. The van der Waals surface area contributed by atoms with Crippen molar-refractivity contribution in [1.82, 2.24) is 14.6 Å². The van der Waals surface area contributed by atoms with Crippen LogP contribution >= 0.6 is 8.53 Å². The number of rotatable bonds is 10. The summed E-state index contributed by atoms with van der Waals surface area (Å²) in [5.74, 6) is 0.222. The second-order valence-corrected chi connectivity index (χ2v) is 8.98. The van der Waals surface area contributed by atoms with E-state index in [1.807, 2.05) is 25.1 Å². The Labute approximate surface area is 186 Å². The highest BCUT2D eigenvalue weighted by Gasteiger charge is 2.35. The fraction of sp³-hybridized carbons (Fsp3) is 0.476. The Morgan fingerprint density at radius 3 is 2.72 bits per heavy atom. The molecule has 32 heavy (non-hydrogen) atoms. The fourth-order valence-corrected chi connectivity index (χ4v) is 4.34. The summed E-state index contributed by atoms with van der Waals surface area (Å²) in [7, 11) is -1.65. The lowest BCUT2D eigenvalue weighted by molar-refractivity contribution is -0.145. The van der Waals surface area contributed by atoms with Crippen molar-refractivity contribution in [3.05, 3.63) is 63.4 Å². The molecule has 1 aromatic heterocycles. The van der Waals surface area contributed by atoms with Gasteiger partial charge in [-0.3, -0.25) is 19.1 Å². The van der Waals surface area contributed by atoms with Gasteiger partial charge in [0.25, 0.3) is 5.56 Å². The third-order valence-electron chi connectivity index (χ3n) is 4.61. The van der Waals surface area contributed by atoms with Crippen LogP contribution in [0, 0.1) is 5.92 Å². The molecule has 11 heteroatoms. The number of aromatic nitrogens is 2. The first-order valence-electron chi connectivity index (χ1n) is 10.4. The molecule has 1 saturated heterocycles. The van der Waals surface area contributed by atoms with E-state index < -0.39 is 32.0 Å². The van der Waals surface area contributed by atoms with Gasteiger partial charge in [0.1, 0.15) is 18.5 Å². The molecule has 4 atom stereocenters. The first-order chi connectivity index (χ1) is 15.3. The molecule has 174 valence electrons. The molecule has 1 aliphatic heterocycles. The minimum Gasteiger partial charge on any atom is -0.462 e. The molecule has 2 heterocycles. The monoisotopic (exact) mass is 465 g/mol. The summed E-state index contributed by atoms with van der Waals surface area (Å²) in [5.41, 5.74) is -0.974. The predicted molar refractivity (Wildman–Crippen MR) is 118 cm³/mol. The van der Waals surface area contributed by atoms with Gasteiger partial charge in [0.05, 0.1) is 18.8 Å². The van der Waals surface area contributed by atoms with Crippen LogP contribution < -0.4 is 20.9 Å². The number of aromatic amines is 1. The quantitative estimate of drug-likeness (QED) is 0.405. The summed E-state index contributed by atoms with van der Waals surface area (Å²) in [6.45, 7) is 5.66. The second kappa shape index (κ2) is 11.4. The molecule has 10 nitrogen and oxygen atoms in total. The lowest BCUT2D eigenvalue weighted by Crippen LogP contribution is -2.33. The van der Waals surface area contributed by atoms with Crippen molar-refractivity contribution < 1.29 is 23.3 Å². The number of hydrogen-bond donors (Lipinski definition) is 2. The molecule has 2 N–H and O–H groups in total. The molecule has 0 saturated carbocycles. The van der Waals surface area contributed by atoms with Crippen molar-refractivity contribution >= 4 is 14.5 Å². The zero-order valence-corrected chi connectivity index (χ0v) is 19.1. The molecule has 0 spiro atoms. The van der Waals surface area contributed by atoms with Gasteiger partial charge in [-0.15, -0.1) is 0 Å². The molecule has 0 amide bonds. The summed E-state index contributed by atoms with van der Waals surface area (Å²) >= 11 is 0. The van der Waals surface area contributed by atoms with Crippen LogP contribution in [0.25, 0.3) is 0 Å². The number of benzene rings is 1. The van der Waals surface area contributed by atoms with Crippen molar-refractivity contribution in [2.75, 3.05) is 13.2 Å². The maximum Gasteiger partial charge on any atom is 0.330 e. The molecule has 1 fully saturated rings. The highest BCUT2D eigenvalue weighted by Crippen LogP contribution is 2.38. The number of nitrogens with one attached hydrogen (secondary N) is 2. The summed E-state index contributed by atoms with van der Waals surface area (Å²) in [6.07, 6.45) is 1.07. The van der Waals surface area contributed by atoms with Gasteiger partial charge in [-0.05, 0) is 32.4 Å². The van der Waals surface area contributed by atoms with Crippen LogP contribution in [-0.2, 0) is 18.8 Å². The van der Waals surface area contributed by atoms with Gasteiger partial charge < -0.3 is 18.5 Å². The van der Waals surface area contributed by atoms with E-state index in [0.29, 0.717) is 12.2 Å². The Morgan fingerprint density at radius 2 is 2.03 bits per heavy atom. The molecule has 1 aromatic carbocycles. The smallest absolute Gasteiger partial charge is 0.330 e. The second-order valence-electron chi connectivity index (χ2n) is 7.71. The summed E-state index contributed by atoms with van der Waals surface area (Å²) in [6, 6.07) is 10.4. The maximum atomic E-state index is 12.1. The summed E-state index contributed by atoms with van der Waals surface area (Å²) in [5, 5.41) is 2.96. The van der Waals surface area contributed by atoms with Crippen molar-refractivity contribution in [2.24, 2.45) is 5.92 Å². The Balaban J connectivity index is 1.60. The van der Waals surface area contributed by atoms with Gasteiger partial charge in [0, 0.05) is 18.2 Å². The minimum absolute atomic E-state index is 0.0300. The van der Waals surface area contributed by atoms with Crippen LogP contribution in [0.15, 0.2) is 52.2 Å². The van der Waals surface area contributed by atoms with E-state index in [1.54, 1.807) is 26.0 Å². The van der Waals surface area contributed by atoms with E-state index >= 15 is 0 Å². The Hall–Kier alpha value is -2.52. The van der Waals surface area contributed by atoms with Crippen LogP contribution in [0.2, 0.25) is 0 Å². The predicted octanol–water partition coefficient (Wildman–Crippen LogP) is 2.32. The Bertz CT molecular complexity index is 995. The third kappa shape index (κ3) is 7.00. The number of para-hydroxylation sites is 1. The number of ether oxygens (including phenoxy) is 2. The molecule has 0 radical (unpaired) electrons.